The van der Waals surface area contributed by atoms with E-state index in [0.717, 1.165) is 32.5 Å². The second kappa shape index (κ2) is 7.00. The summed E-state index contributed by atoms with van der Waals surface area (Å²) in [6.07, 6.45) is 7.15. The average molecular weight is 290 g/mol. The maximum Gasteiger partial charge on any atom is 0.248 e. The molecule has 1 unspecified atom stereocenters. The number of nitrogens with zero attached hydrogens (tertiary/aromatic N) is 2. The van der Waals surface area contributed by atoms with Crippen molar-refractivity contribution in [1.82, 2.24) is 9.88 Å². The van der Waals surface area contributed by atoms with Gasteiger partial charge < -0.3 is 14.4 Å². The lowest BCUT2D eigenvalue weighted by atomic mass is 9.92. The van der Waals surface area contributed by atoms with Crippen LogP contribution in [0.25, 0.3) is 0 Å². The number of carbonyl (C=O) groups excluding carboxylic acids is 1. The molecule has 1 amide bonds. The van der Waals surface area contributed by atoms with E-state index in [0.29, 0.717) is 12.5 Å². The third-order valence-corrected chi connectivity index (χ3v) is 4.22. The molecule has 3 heterocycles. The van der Waals surface area contributed by atoms with Crippen molar-refractivity contribution in [2.45, 2.75) is 31.3 Å². The highest BCUT2D eigenvalue weighted by atomic mass is 16.5. The Morgan fingerprint density at radius 1 is 1.33 bits per heavy atom. The van der Waals surface area contributed by atoms with Crippen LogP contribution in [0.5, 0.6) is 0 Å². The number of ether oxygens (including phenoxy) is 2. The van der Waals surface area contributed by atoms with E-state index in [9.17, 15) is 4.79 Å². The fourth-order valence-electron chi connectivity index (χ4n) is 2.84. The summed E-state index contributed by atoms with van der Waals surface area (Å²) in [5.41, 5.74) is 1.26. The molecule has 2 fully saturated rings. The zero-order chi connectivity index (χ0) is 14.5. The molecule has 1 atom stereocenters. The second-order valence-electron chi connectivity index (χ2n) is 5.78. The van der Waals surface area contributed by atoms with E-state index in [1.54, 1.807) is 12.4 Å². The highest BCUT2D eigenvalue weighted by Gasteiger charge is 2.31. The van der Waals surface area contributed by atoms with Gasteiger partial charge in [-0.25, -0.2) is 0 Å². The van der Waals surface area contributed by atoms with Crippen LogP contribution in [0.2, 0.25) is 0 Å². The van der Waals surface area contributed by atoms with Crippen LogP contribution in [-0.2, 0) is 14.3 Å². The van der Waals surface area contributed by atoms with Crippen LogP contribution in [0.15, 0.2) is 24.5 Å². The molecule has 2 aliphatic heterocycles. The van der Waals surface area contributed by atoms with E-state index < -0.39 is 0 Å². The highest BCUT2D eigenvalue weighted by molar-refractivity contribution is 5.78. The zero-order valence-corrected chi connectivity index (χ0v) is 12.2. The van der Waals surface area contributed by atoms with Crippen molar-refractivity contribution < 1.29 is 14.3 Å². The van der Waals surface area contributed by atoms with Gasteiger partial charge in [-0.1, -0.05) is 0 Å². The summed E-state index contributed by atoms with van der Waals surface area (Å²) in [5, 5.41) is 0. The molecule has 5 nitrogen and oxygen atoms in total. The Balaban J connectivity index is 1.34. The van der Waals surface area contributed by atoms with Crippen LogP contribution in [0.1, 0.15) is 30.7 Å². The molecule has 5 heteroatoms. The maximum absolute atomic E-state index is 12.0. The molecule has 1 aromatic rings. The average Bonchev–Trinajstić information content (AvgIpc) is 2.48. The predicted molar refractivity (Wildman–Crippen MR) is 78.0 cm³/mol. The van der Waals surface area contributed by atoms with Crippen LogP contribution in [0.4, 0.5) is 0 Å². The first-order valence-corrected chi connectivity index (χ1v) is 7.70. The minimum atomic E-state index is 0.0797. The fourth-order valence-corrected chi connectivity index (χ4v) is 2.84. The molecular formula is C16H22N2O3. The van der Waals surface area contributed by atoms with Gasteiger partial charge in [0.2, 0.25) is 5.91 Å². The number of hydrogen-bond donors (Lipinski definition) is 0. The summed E-state index contributed by atoms with van der Waals surface area (Å²) in [6.45, 7) is 3.09. The van der Waals surface area contributed by atoms with E-state index >= 15 is 0 Å². The van der Waals surface area contributed by atoms with Gasteiger partial charge in [-0.05, 0) is 37.0 Å². The normalized spacial score (nSPS) is 22.9. The Labute approximate surface area is 125 Å². The molecule has 1 aromatic heterocycles. The van der Waals surface area contributed by atoms with Crippen LogP contribution in [-0.4, -0.2) is 54.8 Å². The van der Waals surface area contributed by atoms with Gasteiger partial charge in [-0.15, -0.1) is 0 Å². The molecule has 21 heavy (non-hydrogen) atoms. The van der Waals surface area contributed by atoms with E-state index in [-0.39, 0.29) is 18.6 Å². The van der Waals surface area contributed by atoms with Gasteiger partial charge in [0.25, 0.3) is 0 Å². The molecular weight excluding hydrogens is 268 g/mol. The molecule has 0 N–H and O–H groups in total. The Morgan fingerprint density at radius 2 is 2.14 bits per heavy atom. The number of carbonyl (C=O) groups is 1. The summed E-state index contributed by atoms with van der Waals surface area (Å²) < 4.78 is 11.1. The molecule has 0 spiro atoms. The molecule has 0 aliphatic carbocycles. The third kappa shape index (κ3) is 3.80. The maximum atomic E-state index is 12.0. The minimum Gasteiger partial charge on any atom is -0.376 e. The molecule has 0 bridgehead atoms. The van der Waals surface area contributed by atoms with Crippen molar-refractivity contribution in [3.05, 3.63) is 30.1 Å². The molecule has 0 saturated carbocycles. The fraction of sp³-hybridized carbons (Fsp3) is 0.625. The summed E-state index contributed by atoms with van der Waals surface area (Å²) in [5.74, 6) is 0.523. The van der Waals surface area contributed by atoms with Gasteiger partial charge in [0.1, 0.15) is 6.61 Å². The van der Waals surface area contributed by atoms with Crippen LogP contribution in [0.3, 0.4) is 0 Å². The first-order valence-electron chi connectivity index (χ1n) is 7.70. The smallest absolute Gasteiger partial charge is 0.248 e. The van der Waals surface area contributed by atoms with Crippen molar-refractivity contribution in [1.29, 1.82) is 0 Å². The molecule has 2 aliphatic rings. The quantitative estimate of drug-likeness (QED) is 0.826. The number of pyridine rings is 1. The van der Waals surface area contributed by atoms with Gasteiger partial charge in [-0.3, -0.25) is 9.78 Å². The lowest BCUT2D eigenvalue weighted by Crippen LogP contribution is -2.50. The van der Waals surface area contributed by atoms with Gasteiger partial charge in [0, 0.05) is 38.0 Å². The van der Waals surface area contributed by atoms with Crippen molar-refractivity contribution in [2.75, 3.05) is 32.9 Å². The van der Waals surface area contributed by atoms with Gasteiger partial charge in [0.05, 0.1) is 12.7 Å². The Morgan fingerprint density at radius 3 is 2.86 bits per heavy atom. The number of rotatable bonds is 5. The second-order valence-corrected chi connectivity index (χ2v) is 5.78. The first-order chi connectivity index (χ1) is 10.3. The molecule has 0 aromatic carbocycles. The third-order valence-electron chi connectivity index (χ3n) is 4.22. The standard InChI is InChI=1S/C16H22N2O3/c19-16(12-20-11-15-3-1-2-8-21-15)18-9-14(10-18)13-4-6-17-7-5-13/h4-7,14-15H,1-3,8-12H2. The Hall–Kier alpha value is -1.46. The number of amides is 1. The molecule has 114 valence electrons. The Bertz CT molecular complexity index is 454. The van der Waals surface area contributed by atoms with Gasteiger partial charge >= 0.3 is 0 Å². The summed E-state index contributed by atoms with van der Waals surface area (Å²) in [7, 11) is 0. The van der Waals surface area contributed by atoms with Crippen LogP contribution >= 0.6 is 0 Å². The summed E-state index contributed by atoms with van der Waals surface area (Å²) in [6, 6.07) is 4.03. The molecule has 0 radical (unpaired) electrons. The summed E-state index contributed by atoms with van der Waals surface area (Å²) in [4.78, 5) is 17.9. The Kier molecular flexibility index (Phi) is 4.83. The van der Waals surface area contributed by atoms with Crippen LogP contribution in [0, 0.1) is 0 Å². The van der Waals surface area contributed by atoms with Crippen molar-refractivity contribution in [2.24, 2.45) is 0 Å². The number of aromatic nitrogens is 1. The SMILES string of the molecule is O=C(COCC1CCCCO1)N1CC(c2ccncc2)C1. The molecule has 2 saturated heterocycles. The van der Waals surface area contributed by atoms with Gasteiger partial charge in [0.15, 0.2) is 0 Å². The van der Waals surface area contributed by atoms with Crippen molar-refractivity contribution >= 4 is 5.91 Å². The van der Waals surface area contributed by atoms with E-state index in [1.165, 1.54) is 12.0 Å². The number of hydrogen-bond acceptors (Lipinski definition) is 4. The highest BCUT2D eigenvalue weighted by Crippen LogP contribution is 2.26. The van der Waals surface area contributed by atoms with Crippen LogP contribution < -0.4 is 0 Å². The molecule has 3 rings (SSSR count). The van der Waals surface area contributed by atoms with E-state index in [1.807, 2.05) is 17.0 Å². The van der Waals surface area contributed by atoms with Crippen molar-refractivity contribution in [3.63, 3.8) is 0 Å². The summed E-state index contributed by atoms with van der Waals surface area (Å²) >= 11 is 0. The van der Waals surface area contributed by atoms with E-state index in [4.69, 9.17) is 9.47 Å². The topological polar surface area (TPSA) is 51.7 Å². The van der Waals surface area contributed by atoms with E-state index in [2.05, 4.69) is 4.98 Å². The van der Waals surface area contributed by atoms with Gasteiger partial charge in [-0.2, -0.15) is 0 Å². The minimum absolute atomic E-state index is 0.0797. The lowest BCUT2D eigenvalue weighted by Gasteiger charge is -2.39. The monoisotopic (exact) mass is 290 g/mol. The van der Waals surface area contributed by atoms with Crippen molar-refractivity contribution in [3.8, 4) is 0 Å². The zero-order valence-electron chi connectivity index (χ0n) is 12.2. The first kappa shape index (κ1) is 14.5. The number of likely N-dealkylation sites (tertiary alicyclic amines) is 1. The largest absolute Gasteiger partial charge is 0.376 e. The lowest BCUT2D eigenvalue weighted by molar-refractivity contribution is -0.142. The predicted octanol–water partition coefficient (Wildman–Crippen LogP) is 1.59.